The largest absolute Gasteiger partial charge is 0.383 e. The Hall–Kier alpha value is -0.120. The zero-order chi connectivity index (χ0) is 12.4. The average Bonchev–Trinajstić information content (AvgIpc) is 2.26. The van der Waals surface area contributed by atoms with Gasteiger partial charge in [0.2, 0.25) is 0 Å². The zero-order valence-corrected chi connectivity index (χ0v) is 11.8. The summed E-state index contributed by atoms with van der Waals surface area (Å²) < 4.78 is 5.25. The van der Waals surface area contributed by atoms with E-state index in [1.807, 2.05) is 0 Å². The highest BCUT2D eigenvalue weighted by molar-refractivity contribution is 4.73. The molecule has 0 aliphatic carbocycles. The summed E-state index contributed by atoms with van der Waals surface area (Å²) in [6.45, 7) is 9.67. The molecule has 0 aromatic rings. The second kappa shape index (κ2) is 10.1. The summed E-state index contributed by atoms with van der Waals surface area (Å²) in [6, 6.07) is 1.11. The molecule has 0 rings (SSSR count). The van der Waals surface area contributed by atoms with Crippen molar-refractivity contribution in [3.8, 4) is 0 Å². The number of ether oxygens (including phenoxy) is 1. The van der Waals surface area contributed by atoms with E-state index in [0.29, 0.717) is 12.1 Å². The van der Waals surface area contributed by atoms with E-state index >= 15 is 0 Å². The van der Waals surface area contributed by atoms with Crippen molar-refractivity contribution in [3.63, 3.8) is 0 Å². The van der Waals surface area contributed by atoms with Gasteiger partial charge in [-0.2, -0.15) is 0 Å². The first-order valence-electron chi connectivity index (χ1n) is 6.58. The van der Waals surface area contributed by atoms with Crippen molar-refractivity contribution in [1.82, 2.24) is 10.2 Å². The monoisotopic (exact) mass is 230 g/mol. The third kappa shape index (κ3) is 7.20. The second-order valence-electron chi connectivity index (χ2n) is 4.68. The van der Waals surface area contributed by atoms with Gasteiger partial charge in [-0.3, -0.25) is 0 Å². The molecular formula is C13H30N2O. The molecule has 16 heavy (non-hydrogen) atoms. The van der Waals surface area contributed by atoms with E-state index in [0.717, 1.165) is 19.7 Å². The van der Waals surface area contributed by atoms with Crippen molar-refractivity contribution in [2.75, 3.05) is 33.9 Å². The van der Waals surface area contributed by atoms with Gasteiger partial charge in [0.25, 0.3) is 0 Å². The molecule has 1 N–H and O–H groups in total. The second-order valence-corrected chi connectivity index (χ2v) is 4.68. The highest BCUT2D eigenvalue weighted by Crippen LogP contribution is 2.04. The van der Waals surface area contributed by atoms with Crippen LogP contribution in [0.3, 0.4) is 0 Å². The van der Waals surface area contributed by atoms with Gasteiger partial charge in [-0.1, -0.05) is 20.3 Å². The molecule has 0 bridgehead atoms. The number of nitrogens with zero attached hydrogens (tertiary/aromatic N) is 1. The summed E-state index contributed by atoms with van der Waals surface area (Å²) in [5.74, 6) is 0. The van der Waals surface area contributed by atoms with E-state index in [-0.39, 0.29) is 0 Å². The minimum Gasteiger partial charge on any atom is -0.383 e. The summed E-state index contributed by atoms with van der Waals surface area (Å²) in [6.07, 6.45) is 3.70. The first kappa shape index (κ1) is 15.9. The molecule has 0 aromatic heterocycles. The van der Waals surface area contributed by atoms with Crippen molar-refractivity contribution in [1.29, 1.82) is 0 Å². The minimum absolute atomic E-state index is 0.453. The zero-order valence-electron chi connectivity index (χ0n) is 11.8. The predicted molar refractivity (Wildman–Crippen MR) is 71.0 cm³/mol. The number of methoxy groups -OCH3 is 1. The maximum atomic E-state index is 5.25. The van der Waals surface area contributed by atoms with Gasteiger partial charge in [0.05, 0.1) is 6.61 Å². The Kier molecular flexibility index (Phi) is 9.99. The first-order valence-corrected chi connectivity index (χ1v) is 6.58. The van der Waals surface area contributed by atoms with Crippen LogP contribution < -0.4 is 5.32 Å². The maximum Gasteiger partial charge on any atom is 0.0628 e. The van der Waals surface area contributed by atoms with Crippen molar-refractivity contribution < 1.29 is 4.74 Å². The predicted octanol–water partition coefficient (Wildman–Crippen LogP) is 2.12. The molecule has 0 saturated carbocycles. The molecule has 98 valence electrons. The normalized spacial score (nSPS) is 15.4. The van der Waals surface area contributed by atoms with Crippen molar-refractivity contribution in [3.05, 3.63) is 0 Å². The van der Waals surface area contributed by atoms with Gasteiger partial charge in [-0.05, 0) is 33.4 Å². The highest BCUT2D eigenvalue weighted by atomic mass is 16.5. The van der Waals surface area contributed by atoms with E-state index in [1.165, 1.54) is 19.3 Å². The van der Waals surface area contributed by atoms with Crippen LogP contribution in [-0.2, 0) is 4.74 Å². The van der Waals surface area contributed by atoms with E-state index in [1.54, 1.807) is 7.11 Å². The molecule has 2 atom stereocenters. The Morgan fingerprint density at radius 2 is 1.94 bits per heavy atom. The van der Waals surface area contributed by atoms with Crippen LogP contribution in [0, 0.1) is 0 Å². The molecule has 0 aromatic carbocycles. The van der Waals surface area contributed by atoms with E-state index in [2.05, 4.69) is 38.0 Å². The number of hydrogen-bond donors (Lipinski definition) is 1. The molecule has 0 spiro atoms. The van der Waals surface area contributed by atoms with E-state index in [9.17, 15) is 0 Å². The van der Waals surface area contributed by atoms with Crippen LogP contribution in [0.1, 0.15) is 40.0 Å². The molecule has 0 fully saturated rings. The van der Waals surface area contributed by atoms with Crippen LogP contribution in [0.2, 0.25) is 0 Å². The fraction of sp³-hybridized carbons (Fsp3) is 1.00. The number of rotatable bonds is 10. The van der Waals surface area contributed by atoms with Crippen molar-refractivity contribution >= 4 is 0 Å². The molecule has 0 radical (unpaired) electrons. The lowest BCUT2D eigenvalue weighted by molar-refractivity contribution is 0.132. The van der Waals surface area contributed by atoms with Gasteiger partial charge in [-0.25, -0.2) is 0 Å². The lowest BCUT2D eigenvalue weighted by Gasteiger charge is -2.29. The molecule has 0 amide bonds. The fourth-order valence-corrected chi connectivity index (χ4v) is 1.89. The van der Waals surface area contributed by atoms with Gasteiger partial charge >= 0.3 is 0 Å². The summed E-state index contributed by atoms with van der Waals surface area (Å²) in [7, 11) is 3.98. The van der Waals surface area contributed by atoms with Crippen LogP contribution >= 0.6 is 0 Å². The Labute approximate surface area is 102 Å². The van der Waals surface area contributed by atoms with E-state index in [4.69, 9.17) is 4.74 Å². The molecular weight excluding hydrogens is 200 g/mol. The average molecular weight is 230 g/mol. The molecule has 0 aliphatic heterocycles. The quantitative estimate of drug-likeness (QED) is 0.622. The van der Waals surface area contributed by atoms with Gasteiger partial charge in [0, 0.05) is 25.7 Å². The van der Waals surface area contributed by atoms with Gasteiger partial charge in [-0.15, -0.1) is 0 Å². The topological polar surface area (TPSA) is 24.5 Å². The van der Waals surface area contributed by atoms with Gasteiger partial charge < -0.3 is 15.0 Å². The molecule has 3 heteroatoms. The fourth-order valence-electron chi connectivity index (χ4n) is 1.89. The number of likely N-dealkylation sites (N-methyl/N-ethyl adjacent to an activating group) is 1. The summed E-state index contributed by atoms with van der Waals surface area (Å²) in [4.78, 5) is 2.43. The lowest BCUT2D eigenvalue weighted by atomic mass is 10.1. The van der Waals surface area contributed by atoms with Crippen molar-refractivity contribution in [2.45, 2.75) is 52.1 Å². The summed E-state index contributed by atoms with van der Waals surface area (Å²) in [5.41, 5.74) is 0. The van der Waals surface area contributed by atoms with Crippen LogP contribution in [0.25, 0.3) is 0 Å². The first-order chi connectivity index (χ1) is 7.65. The van der Waals surface area contributed by atoms with Crippen LogP contribution in [0.5, 0.6) is 0 Å². The Bertz CT molecular complexity index is 153. The van der Waals surface area contributed by atoms with Gasteiger partial charge in [0.15, 0.2) is 0 Å². The third-order valence-corrected chi connectivity index (χ3v) is 3.02. The van der Waals surface area contributed by atoms with Crippen molar-refractivity contribution in [2.24, 2.45) is 0 Å². The third-order valence-electron chi connectivity index (χ3n) is 3.02. The smallest absolute Gasteiger partial charge is 0.0628 e. The molecule has 3 nitrogen and oxygen atoms in total. The molecule has 2 unspecified atom stereocenters. The van der Waals surface area contributed by atoms with Crippen LogP contribution in [-0.4, -0.2) is 50.8 Å². The summed E-state index contributed by atoms with van der Waals surface area (Å²) >= 11 is 0. The molecule has 0 aliphatic rings. The standard InChI is InChI=1S/C13H30N2O/c1-6-8-12(3)15(4)10-13(11-16-5)14-9-7-2/h12-14H,6-11H2,1-5H3. The van der Waals surface area contributed by atoms with Gasteiger partial charge in [0.1, 0.15) is 0 Å². The van der Waals surface area contributed by atoms with Crippen LogP contribution in [0.4, 0.5) is 0 Å². The molecule has 0 saturated heterocycles. The Morgan fingerprint density at radius 1 is 1.25 bits per heavy atom. The molecule has 0 heterocycles. The SMILES string of the molecule is CCCNC(COC)CN(C)C(C)CCC. The lowest BCUT2D eigenvalue weighted by Crippen LogP contribution is -2.45. The highest BCUT2D eigenvalue weighted by Gasteiger charge is 2.14. The number of hydrogen-bond acceptors (Lipinski definition) is 3. The van der Waals surface area contributed by atoms with Crippen LogP contribution in [0.15, 0.2) is 0 Å². The Morgan fingerprint density at radius 3 is 2.44 bits per heavy atom. The summed E-state index contributed by atoms with van der Waals surface area (Å²) in [5, 5.41) is 3.53. The maximum absolute atomic E-state index is 5.25. The number of nitrogens with one attached hydrogen (secondary N) is 1. The minimum atomic E-state index is 0.453. The Balaban J connectivity index is 3.94. The van der Waals surface area contributed by atoms with E-state index < -0.39 is 0 Å².